The number of rotatable bonds is 5. The lowest BCUT2D eigenvalue weighted by atomic mass is 10.4. The van der Waals surface area contributed by atoms with Crippen LogP contribution >= 0.6 is 0 Å². The monoisotopic (exact) mass is 232 g/mol. The van der Waals surface area contributed by atoms with Crippen molar-refractivity contribution in [3.05, 3.63) is 12.2 Å². The average Bonchev–Trinajstić information content (AvgIpc) is 2.44. The van der Waals surface area contributed by atoms with E-state index < -0.39 is 9.84 Å². The van der Waals surface area contributed by atoms with E-state index in [0.29, 0.717) is 6.54 Å². The fourth-order valence-electron chi connectivity index (χ4n) is 1.25. The van der Waals surface area contributed by atoms with Gasteiger partial charge in [0.25, 0.3) is 0 Å². The molecule has 1 aromatic rings. The van der Waals surface area contributed by atoms with Gasteiger partial charge in [0.05, 0.1) is 12.3 Å². The number of nitrogens with one attached hydrogen (secondary N) is 1. The van der Waals surface area contributed by atoms with E-state index in [0.717, 1.165) is 5.82 Å². The lowest BCUT2D eigenvalue weighted by molar-refractivity contribution is 0.544. The van der Waals surface area contributed by atoms with Gasteiger partial charge in [-0.1, -0.05) is 0 Å². The van der Waals surface area contributed by atoms with Crippen LogP contribution in [0.3, 0.4) is 0 Å². The van der Waals surface area contributed by atoms with E-state index in [1.54, 1.807) is 10.9 Å². The molecule has 7 heteroatoms. The van der Waals surface area contributed by atoms with Gasteiger partial charge >= 0.3 is 0 Å². The Balaban J connectivity index is 2.41. The molecule has 86 valence electrons. The molecule has 15 heavy (non-hydrogen) atoms. The third-order valence-electron chi connectivity index (χ3n) is 1.97. The fraction of sp³-hybridized carbons (Fsp3) is 0.750. The summed E-state index contributed by atoms with van der Waals surface area (Å²) in [5, 5.41) is 10.7. The standard InChI is InChI=1S/C8H16N4O2S/c1-7(5-15(3,13)14)9-4-8-11-10-6-12(8)2/h6-7,9H,4-5H2,1-3H3. The molecule has 1 heterocycles. The van der Waals surface area contributed by atoms with Gasteiger partial charge < -0.3 is 9.88 Å². The summed E-state index contributed by atoms with van der Waals surface area (Å²) in [6.07, 6.45) is 2.84. The lowest BCUT2D eigenvalue weighted by Crippen LogP contribution is -2.32. The number of hydrogen-bond acceptors (Lipinski definition) is 5. The molecule has 0 bridgehead atoms. The Morgan fingerprint density at radius 1 is 1.60 bits per heavy atom. The van der Waals surface area contributed by atoms with Crippen LogP contribution in [0.1, 0.15) is 12.7 Å². The van der Waals surface area contributed by atoms with Crippen LogP contribution in [0.25, 0.3) is 0 Å². The molecule has 0 amide bonds. The summed E-state index contributed by atoms with van der Waals surface area (Å²) >= 11 is 0. The van der Waals surface area contributed by atoms with Crippen LogP contribution < -0.4 is 5.32 Å². The van der Waals surface area contributed by atoms with Gasteiger partial charge in [0.2, 0.25) is 0 Å². The van der Waals surface area contributed by atoms with Crippen molar-refractivity contribution in [3.63, 3.8) is 0 Å². The maximum absolute atomic E-state index is 11.0. The molecule has 0 aliphatic heterocycles. The Labute approximate surface area is 89.6 Å². The first kappa shape index (κ1) is 12.1. The molecule has 0 spiro atoms. The van der Waals surface area contributed by atoms with Crippen molar-refractivity contribution in [1.82, 2.24) is 20.1 Å². The molecule has 1 rings (SSSR count). The molecular weight excluding hydrogens is 216 g/mol. The van der Waals surface area contributed by atoms with Gasteiger partial charge in [-0.3, -0.25) is 0 Å². The van der Waals surface area contributed by atoms with E-state index >= 15 is 0 Å². The van der Waals surface area contributed by atoms with Crippen molar-refractivity contribution in [3.8, 4) is 0 Å². The van der Waals surface area contributed by atoms with Crippen LogP contribution in [0, 0.1) is 0 Å². The van der Waals surface area contributed by atoms with Crippen LogP contribution in [0.2, 0.25) is 0 Å². The second kappa shape index (κ2) is 4.71. The van der Waals surface area contributed by atoms with E-state index in [-0.39, 0.29) is 11.8 Å². The van der Waals surface area contributed by atoms with Crippen molar-refractivity contribution >= 4 is 9.84 Å². The first-order valence-corrected chi connectivity index (χ1v) is 6.68. The highest BCUT2D eigenvalue weighted by atomic mass is 32.2. The predicted octanol–water partition coefficient (Wildman–Crippen LogP) is -0.662. The molecule has 0 saturated carbocycles. The third-order valence-corrected chi connectivity index (χ3v) is 3.07. The van der Waals surface area contributed by atoms with Crippen molar-refractivity contribution in [2.24, 2.45) is 7.05 Å². The van der Waals surface area contributed by atoms with Gasteiger partial charge in [-0.05, 0) is 6.92 Å². The summed E-state index contributed by atoms with van der Waals surface area (Å²) in [5.74, 6) is 0.917. The van der Waals surface area contributed by atoms with Gasteiger partial charge in [-0.15, -0.1) is 10.2 Å². The maximum Gasteiger partial charge on any atom is 0.148 e. The Hall–Kier alpha value is -0.950. The minimum atomic E-state index is -2.93. The summed E-state index contributed by atoms with van der Waals surface area (Å²) in [5.41, 5.74) is 0. The number of hydrogen-bond donors (Lipinski definition) is 1. The van der Waals surface area contributed by atoms with E-state index in [4.69, 9.17) is 0 Å². The summed E-state index contributed by atoms with van der Waals surface area (Å²) in [6.45, 7) is 2.35. The van der Waals surface area contributed by atoms with Crippen molar-refractivity contribution < 1.29 is 8.42 Å². The maximum atomic E-state index is 11.0. The molecule has 1 aromatic heterocycles. The Morgan fingerprint density at radius 3 is 2.73 bits per heavy atom. The van der Waals surface area contributed by atoms with E-state index in [1.807, 2.05) is 14.0 Å². The van der Waals surface area contributed by atoms with Crippen LogP contribution in [-0.2, 0) is 23.4 Å². The largest absolute Gasteiger partial charge is 0.320 e. The molecule has 0 saturated heterocycles. The van der Waals surface area contributed by atoms with E-state index in [9.17, 15) is 8.42 Å². The minimum absolute atomic E-state index is 0.0864. The topological polar surface area (TPSA) is 76.9 Å². The van der Waals surface area contributed by atoms with Crippen molar-refractivity contribution in [1.29, 1.82) is 0 Å². The quantitative estimate of drug-likeness (QED) is 0.729. The SMILES string of the molecule is CC(CS(C)(=O)=O)NCc1nncn1C. The highest BCUT2D eigenvalue weighted by Gasteiger charge is 2.10. The Bertz CT molecular complexity index is 412. The summed E-state index contributed by atoms with van der Waals surface area (Å²) in [7, 11) is -1.08. The molecule has 1 unspecified atom stereocenters. The first-order chi connectivity index (χ1) is 6.88. The molecule has 0 aliphatic rings. The summed E-state index contributed by atoms with van der Waals surface area (Å²) in [4.78, 5) is 0. The number of nitrogens with zero attached hydrogens (tertiary/aromatic N) is 3. The van der Waals surface area contributed by atoms with Gasteiger partial charge in [0.15, 0.2) is 0 Å². The number of aryl methyl sites for hydroxylation is 1. The molecule has 0 aromatic carbocycles. The smallest absolute Gasteiger partial charge is 0.148 e. The van der Waals surface area contributed by atoms with Gasteiger partial charge in [0.1, 0.15) is 22.0 Å². The van der Waals surface area contributed by atoms with Crippen molar-refractivity contribution in [2.75, 3.05) is 12.0 Å². The van der Waals surface area contributed by atoms with Gasteiger partial charge in [-0.25, -0.2) is 8.42 Å². The lowest BCUT2D eigenvalue weighted by Gasteiger charge is -2.11. The molecule has 1 atom stereocenters. The zero-order valence-electron chi connectivity index (χ0n) is 9.14. The zero-order valence-corrected chi connectivity index (χ0v) is 9.95. The van der Waals surface area contributed by atoms with Crippen LogP contribution in [0.4, 0.5) is 0 Å². The summed E-state index contributed by atoms with van der Waals surface area (Å²) < 4.78 is 23.8. The van der Waals surface area contributed by atoms with Gasteiger partial charge in [0, 0.05) is 19.3 Å². The average molecular weight is 232 g/mol. The highest BCUT2D eigenvalue weighted by molar-refractivity contribution is 7.90. The van der Waals surface area contributed by atoms with Crippen molar-refractivity contribution in [2.45, 2.75) is 19.5 Å². The number of sulfone groups is 1. The fourth-order valence-corrected chi connectivity index (χ4v) is 2.27. The highest BCUT2D eigenvalue weighted by Crippen LogP contribution is 1.94. The van der Waals surface area contributed by atoms with Crippen LogP contribution in [0.5, 0.6) is 0 Å². The van der Waals surface area contributed by atoms with E-state index in [1.165, 1.54) is 6.26 Å². The number of aromatic nitrogens is 3. The van der Waals surface area contributed by atoms with Crippen LogP contribution in [-0.4, -0.2) is 41.2 Å². The molecule has 0 radical (unpaired) electrons. The zero-order chi connectivity index (χ0) is 11.5. The second-order valence-corrected chi connectivity index (χ2v) is 5.92. The minimum Gasteiger partial charge on any atom is -0.320 e. The first-order valence-electron chi connectivity index (χ1n) is 4.62. The Kier molecular flexibility index (Phi) is 3.81. The molecule has 6 nitrogen and oxygen atoms in total. The normalized spacial score (nSPS) is 14.1. The van der Waals surface area contributed by atoms with E-state index in [2.05, 4.69) is 15.5 Å². The second-order valence-electron chi connectivity index (χ2n) is 3.73. The molecule has 0 fully saturated rings. The molecule has 1 N–H and O–H groups in total. The van der Waals surface area contributed by atoms with Crippen LogP contribution in [0.15, 0.2) is 6.33 Å². The molecule has 0 aliphatic carbocycles. The Morgan fingerprint density at radius 2 is 2.27 bits per heavy atom. The van der Waals surface area contributed by atoms with Gasteiger partial charge in [-0.2, -0.15) is 0 Å². The predicted molar refractivity (Wildman–Crippen MR) is 57.0 cm³/mol. The summed E-state index contributed by atoms with van der Waals surface area (Å²) in [6, 6.07) is -0.0864. The molecular formula is C8H16N4O2S. The third kappa shape index (κ3) is 4.39.